The number of hydrogen-bond donors (Lipinski definition) is 0. The van der Waals surface area contributed by atoms with Crippen molar-refractivity contribution in [3.63, 3.8) is 0 Å². The van der Waals surface area contributed by atoms with Gasteiger partial charge in [-0.3, -0.25) is 9.36 Å². The molecule has 0 N–H and O–H groups in total. The van der Waals surface area contributed by atoms with Crippen molar-refractivity contribution in [2.24, 2.45) is 0 Å². The average molecular weight is 186 g/mol. The van der Waals surface area contributed by atoms with Gasteiger partial charge >= 0.3 is 0 Å². The third-order valence-corrected chi connectivity index (χ3v) is 2.00. The third-order valence-electron chi connectivity index (χ3n) is 2.00. The van der Waals surface area contributed by atoms with E-state index in [9.17, 15) is 4.79 Å². The second-order valence-electron chi connectivity index (χ2n) is 3.08. The van der Waals surface area contributed by atoms with E-state index in [0.29, 0.717) is 5.82 Å². The maximum Gasteiger partial charge on any atom is 0.219 e. The summed E-state index contributed by atoms with van der Waals surface area (Å²) in [5.74, 6) is 0.693. The minimum absolute atomic E-state index is 0.693. The van der Waals surface area contributed by atoms with Crippen molar-refractivity contribution in [3.8, 4) is 11.4 Å². The Morgan fingerprint density at radius 1 is 1.29 bits per heavy atom. The quantitative estimate of drug-likeness (QED) is 0.671. The molecule has 1 heterocycles. The Hall–Kier alpha value is -1.90. The highest BCUT2D eigenvalue weighted by molar-refractivity contribution is 5.66. The van der Waals surface area contributed by atoms with Crippen LogP contribution in [0.3, 0.4) is 0 Å². The van der Waals surface area contributed by atoms with Gasteiger partial charge in [0.1, 0.15) is 5.82 Å². The van der Waals surface area contributed by atoms with Gasteiger partial charge in [-0.2, -0.15) is 0 Å². The van der Waals surface area contributed by atoms with Crippen molar-refractivity contribution in [1.29, 1.82) is 0 Å². The normalized spacial score (nSPS) is 10.1. The van der Waals surface area contributed by atoms with Gasteiger partial charge in [-0.25, -0.2) is 4.98 Å². The lowest BCUT2D eigenvalue weighted by atomic mass is 10.2. The molecule has 0 amide bonds. The first-order valence-corrected chi connectivity index (χ1v) is 4.37. The SMILES string of the molecule is Cc1cn(C=O)c(-c2ccccc2)n1. The van der Waals surface area contributed by atoms with Crippen LogP contribution in [-0.2, 0) is 4.79 Å². The van der Waals surface area contributed by atoms with Crippen LogP contribution in [0.1, 0.15) is 5.69 Å². The first-order chi connectivity index (χ1) is 6.81. The molecule has 3 nitrogen and oxygen atoms in total. The van der Waals surface area contributed by atoms with E-state index in [2.05, 4.69) is 4.98 Å². The first-order valence-electron chi connectivity index (χ1n) is 4.37. The van der Waals surface area contributed by atoms with Gasteiger partial charge in [-0.05, 0) is 6.92 Å². The fourth-order valence-corrected chi connectivity index (χ4v) is 1.40. The molecule has 14 heavy (non-hydrogen) atoms. The molecule has 0 fully saturated rings. The van der Waals surface area contributed by atoms with Crippen molar-refractivity contribution in [2.45, 2.75) is 6.92 Å². The summed E-state index contributed by atoms with van der Waals surface area (Å²) >= 11 is 0. The van der Waals surface area contributed by atoms with Gasteiger partial charge in [-0.1, -0.05) is 30.3 Å². The second kappa shape index (κ2) is 3.46. The molecule has 1 aromatic carbocycles. The molecule has 70 valence electrons. The van der Waals surface area contributed by atoms with E-state index in [4.69, 9.17) is 0 Å². The highest BCUT2D eigenvalue weighted by Gasteiger charge is 2.05. The highest BCUT2D eigenvalue weighted by Crippen LogP contribution is 2.16. The summed E-state index contributed by atoms with van der Waals surface area (Å²) in [5, 5.41) is 0. The molecule has 0 aliphatic heterocycles. The van der Waals surface area contributed by atoms with Crippen LogP contribution in [0.5, 0.6) is 0 Å². The van der Waals surface area contributed by atoms with E-state index in [1.807, 2.05) is 37.3 Å². The lowest BCUT2D eigenvalue weighted by molar-refractivity contribution is 0.548. The van der Waals surface area contributed by atoms with E-state index in [0.717, 1.165) is 17.7 Å². The van der Waals surface area contributed by atoms with Crippen LogP contribution < -0.4 is 0 Å². The van der Waals surface area contributed by atoms with E-state index in [1.54, 1.807) is 6.20 Å². The van der Waals surface area contributed by atoms with Gasteiger partial charge in [0.25, 0.3) is 0 Å². The Balaban J connectivity index is 2.56. The maximum absolute atomic E-state index is 10.7. The summed E-state index contributed by atoms with van der Waals surface area (Å²) in [5.41, 5.74) is 1.80. The Morgan fingerprint density at radius 2 is 2.00 bits per heavy atom. The van der Waals surface area contributed by atoms with E-state index in [-0.39, 0.29) is 0 Å². The van der Waals surface area contributed by atoms with E-state index >= 15 is 0 Å². The van der Waals surface area contributed by atoms with E-state index in [1.165, 1.54) is 4.57 Å². The summed E-state index contributed by atoms with van der Waals surface area (Å²) in [7, 11) is 0. The number of carbonyl (C=O) groups is 1. The molecule has 0 aliphatic rings. The summed E-state index contributed by atoms with van der Waals surface area (Å²) in [6, 6.07) is 9.65. The monoisotopic (exact) mass is 186 g/mol. The summed E-state index contributed by atoms with van der Waals surface area (Å²) in [6.45, 7) is 1.87. The minimum atomic E-state index is 0.693. The van der Waals surface area contributed by atoms with Crippen molar-refractivity contribution in [1.82, 2.24) is 9.55 Å². The van der Waals surface area contributed by atoms with Crippen LogP contribution in [-0.4, -0.2) is 16.0 Å². The number of imidazole rings is 1. The molecule has 0 spiro atoms. The molecular weight excluding hydrogens is 176 g/mol. The van der Waals surface area contributed by atoms with Crippen LogP contribution in [0.15, 0.2) is 36.5 Å². The smallest absolute Gasteiger partial charge is 0.219 e. The Morgan fingerprint density at radius 3 is 2.64 bits per heavy atom. The molecule has 0 unspecified atom stereocenters. The maximum atomic E-state index is 10.7. The highest BCUT2D eigenvalue weighted by atomic mass is 16.1. The molecule has 3 heteroatoms. The molecule has 0 aliphatic carbocycles. The molecule has 0 bridgehead atoms. The van der Waals surface area contributed by atoms with Crippen LogP contribution in [0.25, 0.3) is 11.4 Å². The summed E-state index contributed by atoms with van der Waals surface area (Å²) in [6.07, 6.45) is 2.48. The fourth-order valence-electron chi connectivity index (χ4n) is 1.40. The Kier molecular flexibility index (Phi) is 2.14. The molecule has 1 aromatic heterocycles. The zero-order valence-corrected chi connectivity index (χ0v) is 7.84. The standard InChI is InChI=1S/C11H10N2O/c1-9-7-13(8-14)11(12-9)10-5-3-2-4-6-10/h2-8H,1H3. The van der Waals surface area contributed by atoms with Crippen LogP contribution in [0.4, 0.5) is 0 Å². The Labute approximate surface area is 82.0 Å². The summed E-state index contributed by atoms with van der Waals surface area (Å²) < 4.78 is 1.49. The van der Waals surface area contributed by atoms with Gasteiger partial charge in [0, 0.05) is 11.8 Å². The molecule has 2 rings (SSSR count). The number of rotatable bonds is 2. The largest absolute Gasteiger partial charge is 0.278 e. The average Bonchev–Trinajstić information content (AvgIpc) is 2.61. The molecule has 0 atom stereocenters. The van der Waals surface area contributed by atoms with Gasteiger partial charge in [0.05, 0.1) is 5.69 Å². The Bertz CT molecular complexity index is 446. The molecular formula is C11H10N2O. The number of aromatic nitrogens is 2. The molecule has 2 aromatic rings. The molecule has 0 saturated carbocycles. The minimum Gasteiger partial charge on any atom is -0.278 e. The number of benzene rings is 1. The van der Waals surface area contributed by atoms with Gasteiger partial charge in [-0.15, -0.1) is 0 Å². The second-order valence-corrected chi connectivity index (χ2v) is 3.08. The fraction of sp³-hybridized carbons (Fsp3) is 0.0909. The lowest BCUT2D eigenvalue weighted by Crippen LogP contribution is -1.95. The number of carbonyl (C=O) groups excluding carboxylic acids is 1. The van der Waals surface area contributed by atoms with Gasteiger partial charge < -0.3 is 0 Å². The number of nitrogens with zero attached hydrogens (tertiary/aromatic N) is 2. The number of aryl methyl sites for hydroxylation is 1. The molecule has 0 saturated heterocycles. The zero-order valence-electron chi connectivity index (χ0n) is 7.84. The summed E-state index contributed by atoms with van der Waals surface area (Å²) in [4.78, 5) is 15.0. The molecule has 0 radical (unpaired) electrons. The van der Waals surface area contributed by atoms with Crippen molar-refractivity contribution in [3.05, 3.63) is 42.2 Å². The van der Waals surface area contributed by atoms with E-state index < -0.39 is 0 Å². The van der Waals surface area contributed by atoms with Gasteiger partial charge in [0.2, 0.25) is 6.41 Å². The predicted molar refractivity (Wildman–Crippen MR) is 54.5 cm³/mol. The lowest BCUT2D eigenvalue weighted by Gasteiger charge is -1.98. The van der Waals surface area contributed by atoms with Crippen LogP contribution >= 0.6 is 0 Å². The van der Waals surface area contributed by atoms with Crippen molar-refractivity contribution >= 4 is 6.41 Å². The van der Waals surface area contributed by atoms with Crippen molar-refractivity contribution < 1.29 is 4.79 Å². The van der Waals surface area contributed by atoms with Crippen molar-refractivity contribution in [2.75, 3.05) is 0 Å². The van der Waals surface area contributed by atoms with Crippen LogP contribution in [0, 0.1) is 6.92 Å². The van der Waals surface area contributed by atoms with Gasteiger partial charge in [0.15, 0.2) is 0 Å². The third kappa shape index (κ3) is 1.44. The topological polar surface area (TPSA) is 34.9 Å². The first kappa shape index (κ1) is 8.69. The number of hydrogen-bond acceptors (Lipinski definition) is 2. The zero-order chi connectivity index (χ0) is 9.97. The predicted octanol–water partition coefficient (Wildman–Crippen LogP) is 1.90. The van der Waals surface area contributed by atoms with Crippen LogP contribution in [0.2, 0.25) is 0 Å².